The summed E-state index contributed by atoms with van der Waals surface area (Å²) in [5.41, 5.74) is 1.33. The molecule has 0 radical (unpaired) electrons. The van der Waals surface area contributed by atoms with Crippen LogP contribution in [0.5, 0.6) is 0 Å². The molecule has 16 heavy (non-hydrogen) atoms. The molecule has 2 N–H and O–H groups in total. The largest absolute Gasteiger partial charge is 0.447 e. The molecule has 0 aliphatic carbocycles. The molecular formula is C10H12N2O3S. The highest BCUT2D eigenvalue weighted by molar-refractivity contribution is 7.16. The molecule has 0 saturated heterocycles. The molecule has 0 unspecified atom stereocenters. The summed E-state index contributed by atoms with van der Waals surface area (Å²) in [6.45, 7) is 3.43. The summed E-state index contributed by atoms with van der Waals surface area (Å²) in [6.07, 6.45) is -0.660. The molecule has 1 aromatic rings. The topological polar surface area (TPSA) is 82.3 Å². The van der Waals surface area contributed by atoms with Gasteiger partial charge < -0.3 is 9.84 Å². The molecule has 1 rings (SSSR count). The molecule has 0 bridgehead atoms. The zero-order chi connectivity index (χ0) is 12.1. The molecule has 1 heterocycles. The molecule has 6 heteroatoms. The van der Waals surface area contributed by atoms with Crippen molar-refractivity contribution >= 4 is 22.4 Å². The number of ether oxygens (including phenoxy) is 1. The Morgan fingerprint density at radius 3 is 2.88 bits per heavy atom. The van der Waals surface area contributed by atoms with Gasteiger partial charge in [0.1, 0.15) is 17.7 Å². The van der Waals surface area contributed by atoms with E-state index >= 15 is 0 Å². The number of rotatable bonds is 3. The van der Waals surface area contributed by atoms with Gasteiger partial charge in [0.2, 0.25) is 0 Å². The molecule has 5 nitrogen and oxygen atoms in total. The number of thiophene rings is 1. The summed E-state index contributed by atoms with van der Waals surface area (Å²) in [5.74, 6) is 0. The maximum absolute atomic E-state index is 11.2. The van der Waals surface area contributed by atoms with E-state index in [1.54, 1.807) is 0 Å². The van der Waals surface area contributed by atoms with Crippen molar-refractivity contribution < 1.29 is 14.6 Å². The highest BCUT2D eigenvalue weighted by atomic mass is 32.1. The summed E-state index contributed by atoms with van der Waals surface area (Å²) in [4.78, 5) is 12.2. The molecule has 1 amide bonds. The quantitative estimate of drug-likeness (QED) is 0.843. The zero-order valence-electron chi connectivity index (χ0n) is 9.03. The van der Waals surface area contributed by atoms with Crippen molar-refractivity contribution in [2.24, 2.45) is 0 Å². The fourth-order valence-corrected chi connectivity index (χ4v) is 2.11. The average Bonchev–Trinajstić information content (AvgIpc) is 2.51. The number of carbonyl (C=O) groups excluding carboxylic acids is 1. The van der Waals surface area contributed by atoms with Crippen LogP contribution in [0.4, 0.5) is 9.80 Å². The normalized spacial score (nSPS) is 9.62. The van der Waals surface area contributed by atoms with E-state index in [0.717, 1.165) is 10.4 Å². The van der Waals surface area contributed by atoms with Gasteiger partial charge in [-0.05, 0) is 19.4 Å². The summed E-state index contributed by atoms with van der Waals surface area (Å²) in [7, 11) is 0. The molecule has 0 fully saturated rings. The minimum atomic E-state index is -0.660. The first-order valence-electron chi connectivity index (χ1n) is 4.65. The smallest absolute Gasteiger partial charge is 0.412 e. The van der Waals surface area contributed by atoms with E-state index in [2.05, 4.69) is 10.1 Å². The van der Waals surface area contributed by atoms with Gasteiger partial charge in [-0.25, -0.2) is 4.79 Å². The van der Waals surface area contributed by atoms with Crippen LogP contribution in [0.15, 0.2) is 0 Å². The standard InChI is InChI=1S/C10H12N2O3S/c1-6-7(2)16-9(8(6)5-11)12-10(14)15-4-3-13/h13H,3-4H2,1-2H3,(H,12,14). The first kappa shape index (κ1) is 12.5. The first-order valence-corrected chi connectivity index (χ1v) is 5.46. The lowest BCUT2D eigenvalue weighted by Crippen LogP contribution is -2.15. The van der Waals surface area contributed by atoms with Crippen LogP contribution >= 0.6 is 11.3 Å². The molecule has 0 aromatic carbocycles. The number of nitrogens with zero attached hydrogens (tertiary/aromatic N) is 1. The number of nitrogens with one attached hydrogen (secondary N) is 1. The second kappa shape index (κ2) is 5.49. The summed E-state index contributed by atoms with van der Waals surface area (Å²) in [6, 6.07) is 2.04. The highest BCUT2D eigenvalue weighted by Crippen LogP contribution is 2.31. The number of aryl methyl sites for hydroxylation is 1. The van der Waals surface area contributed by atoms with Gasteiger partial charge in [0.05, 0.1) is 12.2 Å². The Bertz CT molecular complexity index is 434. The molecule has 0 aliphatic heterocycles. The van der Waals surface area contributed by atoms with Gasteiger partial charge in [-0.1, -0.05) is 0 Å². The molecule has 86 valence electrons. The maximum atomic E-state index is 11.2. The van der Waals surface area contributed by atoms with E-state index in [0.29, 0.717) is 10.6 Å². The van der Waals surface area contributed by atoms with Crippen LogP contribution in [0.2, 0.25) is 0 Å². The van der Waals surface area contributed by atoms with E-state index in [9.17, 15) is 4.79 Å². The van der Waals surface area contributed by atoms with E-state index in [-0.39, 0.29) is 13.2 Å². The number of aliphatic hydroxyl groups excluding tert-OH is 1. The number of aliphatic hydroxyl groups is 1. The molecule has 1 aromatic heterocycles. The number of carbonyl (C=O) groups is 1. The highest BCUT2D eigenvalue weighted by Gasteiger charge is 2.14. The van der Waals surface area contributed by atoms with Crippen LogP contribution in [0, 0.1) is 25.2 Å². The van der Waals surface area contributed by atoms with Crippen LogP contribution in [0.25, 0.3) is 0 Å². The Kier molecular flexibility index (Phi) is 4.28. The van der Waals surface area contributed by atoms with Gasteiger partial charge in [-0.2, -0.15) is 5.26 Å². The predicted octanol–water partition coefficient (Wildman–Crippen LogP) is 1.78. The lowest BCUT2D eigenvalue weighted by atomic mass is 10.2. The number of nitriles is 1. The van der Waals surface area contributed by atoms with Crippen LogP contribution in [0.1, 0.15) is 16.0 Å². The third kappa shape index (κ3) is 2.72. The minimum Gasteiger partial charge on any atom is -0.447 e. The molecule has 0 spiro atoms. The predicted molar refractivity (Wildman–Crippen MR) is 60.6 cm³/mol. The SMILES string of the molecule is Cc1sc(NC(=O)OCCO)c(C#N)c1C. The Morgan fingerprint density at radius 2 is 2.31 bits per heavy atom. The van der Waals surface area contributed by atoms with Crippen molar-refractivity contribution in [3.05, 3.63) is 16.0 Å². The van der Waals surface area contributed by atoms with Gasteiger partial charge in [0.15, 0.2) is 0 Å². The number of anilines is 1. The first-order chi connectivity index (χ1) is 7.60. The second-order valence-corrected chi connectivity index (χ2v) is 4.31. The fourth-order valence-electron chi connectivity index (χ4n) is 1.12. The molecule has 0 saturated carbocycles. The summed E-state index contributed by atoms with van der Waals surface area (Å²) in [5, 5.41) is 20.4. The van der Waals surface area contributed by atoms with Crippen LogP contribution < -0.4 is 5.32 Å². The van der Waals surface area contributed by atoms with Gasteiger partial charge in [-0.3, -0.25) is 5.32 Å². The lowest BCUT2D eigenvalue weighted by molar-refractivity contribution is 0.131. The minimum absolute atomic E-state index is 0.0585. The van der Waals surface area contributed by atoms with E-state index in [4.69, 9.17) is 10.4 Å². The summed E-state index contributed by atoms with van der Waals surface area (Å²) >= 11 is 1.33. The van der Waals surface area contributed by atoms with Gasteiger partial charge in [-0.15, -0.1) is 11.3 Å². The maximum Gasteiger partial charge on any atom is 0.412 e. The molecule has 0 atom stereocenters. The van der Waals surface area contributed by atoms with E-state index < -0.39 is 6.09 Å². The lowest BCUT2D eigenvalue weighted by Gasteiger charge is -2.03. The fraction of sp³-hybridized carbons (Fsp3) is 0.400. The number of hydrogen-bond acceptors (Lipinski definition) is 5. The Balaban J connectivity index is 2.78. The van der Waals surface area contributed by atoms with Gasteiger partial charge in [0, 0.05) is 4.88 Å². The number of hydrogen-bond donors (Lipinski definition) is 2. The van der Waals surface area contributed by atoms with Crippen molar-refractivity contribution in [3.8, 4) is 6.07 Å². The molecule has 0 aliphatic rings. The third-order valence-electron chi connectivity index (χ3n) is 2.04. The average molecular weight is 240 g/mol. The van der Waals surface area contributed by atoms with Crippen molar-refractivity contribution in [1.29, 1.82) is 5.26 Å². The molecular weight excluding hydrogens is 228 g/mol. The van der Waals surface area contributed by atoms with Crippen LogP contribution in [-0.2, 0) is 4.74 Å². The Morgan fingerprint density at radius 1 is 1.62 bits per heavy atom. The van der Waals surface area contributed by atoms with E-state index in [1.165, 1.54) is 11.3 Å². The Labute approximate surface area is 97.3 Å². The second-order valence-electron chi connectivity index (χ2n) is 3.08. The van der Waals surface area contributed by atoms with Gasteiger partial charge >= 0.3 is 6.09 Å². The van der Waals surface area contributed by atoms with Gasteiger partial charge in [0.25, 0.3) is 0 Å². The van der Waals surface area contributed by atoms with Crippen LogP contribution in [-0.4, -0.2) is 24.4 Å². The van der Waals surface area contributed by atoms with Crippen LogP contribution in [0.3, 0.4) is 0 Å². The van der Waals surface area contributed by atoms with Crippen molar-refractivity contribution in [2.75, 3.05) is 18.5 Å². The monoisotopic (exact) mass is 240 g/mol. The third-order valence-corrected chi connectivity index (χ3v) is 3.16. The Hall–Kier alpha value is -1.58. The van der Waals surface area contributed by atoms with E-state index in [1.807, 2.05) is 19.9 Å². The van der Waals surface area contributed by atoms with Crippen molar-refractivity contribution in [3.63, 3.8) is 0 Å². The summed E-state index contributed by atoms with van der Waals surface area (Å²) < 4.78 is 4.64. The zero-order valence-corrected chi connectivity index (χ0v) is 9.85. The van der Waals surface area contributed by atoms with Crippen molar-refractivity contribution in [1.82, 2.24) is 0 Å². The van der Waals surface area contributed by atoms with Crippen molar-refractivity contribution in [2.45, 2.75) is 13.8 Å². The number of amides is 1.